The summed E-state index contributed by atoms with van der Waals surface area (Å²) in [6.45, 7) is 0. The maximum absolute atomic E-state index is 9.14. The molecule has 0 radical (unpaired) electrons. The van der Waals surface area contributed by atoms with Crippen molar-refractivity contribution >= 4 is 18.9 Å². The van der Waals surface area contributed by atoms with Crippen LogP contribution in [0.1, 0.15) is 11.1 Å². The van der Waals surface area contributed by atoms with Crippen molar-refractivity contribution in [2.45, 2.75) is 12.8 Å². The molecule has 2 aromatic rings. The number of phenols is 1. The van der Waals surface area contributed by atoms with Crippen molar-refractivity contribution in [3.8, 4) is 5.75 Å². The first kappa shape index (κ1) is 12.9. The van der Waals surface area contributed by atoms with Gasteiger partial charge in [0.2, 0.25) is 0 Å². The molecule has 0 unspecified atom stereocenters. The molecule has 0 fully saturated rings. The number of aromatic hydroxyl groups is 1. The molecule has 0 spiro atoms. The van der Waals surface area contributed by atoms with Crippen molar-refractivity contribution in [3.05, 3.63) is 65.7 Å². The first-order valence-corrected chi connectivity index (χ1v) is 5.16. The minimum atomic E-state index is 0. The predicted molar refractivity (Wildman–Crippen MR) is 69.1 cm³/mol. The van der Waals surface area contributed by atoms with E-state index < -0.39 is 0 Å². The Balaban J connectivity index is 0.00000128. The standard InChI is InChI=1S/C14H14O.Li.H/c15-14-10-8-13(9-11-14)7-6-12-4-2-1-3-5-12;;/h1-5,8-11,15H,6-7H2;;. The molecule has 1 nitrogen and oxygen atoms in total. The third kappa shape index (κ3) is 3.77. The van der Waals surface area contributed by atoms with Gasteiger partial charge in [-0.05, 0) is 36.1 Å². The summed E-state index contributed by atoms with van der Waals surface area (Å²) in [5.41, 5.74) is 2.61. The van der Waals surface area contributed by atoms with E-state index >= 15 is 0 Å². The van der Waals surface area contributed by atoms with E-state index in [0.717, 1.165) is 12.8 Å². The van der Waals surface area contributed by atoms with Crippen molar-refractivity contribution in [3.63, 3.8) is 0 Å². The molecule has 2 aromatic carbocycles. The fourth-order valence-electron chi connectivity index (χ4n) is 1.60. The van der Waals surface area contributed by atoms with Gasteiger partial charge in [-0.2, -0.15) is 0 Å². The van der Waals surface area contributed by atoms with Crippen LogP contribution in [0, 0.1) is 0 Å². The molecule has 2 rings (SSSR count). The zero-order valence-electron chi connectivity index (χ0n) is 8.56. The fourth-order valence-corrected chi connectivity index (χ4v) is 1.60. The van der Waals surface area contributed by atoms with E-state index in [2.05, 4.69) is 24.3 Å². The van der Waals surface area contributed by atoms with Crippen LogP contribution in [-0.2, 0) is 12.8 Å². The fraction of sp³-hybridized carbons (Fsp3) is 0.143. The first-order valence-electron chi connectivity index (χ1n) is 5.16. The number of phenolic OH excluding ortho intramolecular Hbond substituents is 1. The van der Waals surface area contributed by atoms with Gasteiger partial charge in [-0.25, -0.2) is 0 Å². The molecule has 0 atom stereocenters. The summed E-state index contributed by atoms with van der Waals surface area (Å²) in [5.74, 6) is 0.332. The van der Waals surface area contributed by atoms with Crippen molar-refractivity contribution in [1.29, 1.82) is 0 Å². The van der Waals surface area contributed by atoms with Crippen LogP contribution in [-0.4, -0.2) is 24.0 Å². The van der Waals surface area contributed by atoms with E-state index in [0.29, 0.717) is 5.75 Å². The molecular formula is C14H15LiO. The van der Waals surface area contributed by atoms with Gasteiger partial charge in [0, 0.05) is 0 Å². The number of aryl methyl sites for hydroxylation is 2. The Hall–Kier alpha value is -1.16. The average Bonchev–Trinajstić information content (AvgIpc) is 2.30. The molecule has 0 saturated carbocycles. The van der Waals surface area contributed by atoms with Crippen molar-refractivity contribution < 1.29 is 5.11 Å². The van der Waals surface area contributed by atoms with Gasteiger partial charge in [0.25, 0.3) is 0 Å². The Morgan fingerprint density at radius 1 is 0.688 bits per heavy atom. The van der Waals surface area contributed by atoms with Crippen LogP contribution in [0.3, 0.4) is 0 Å². The number of hydrogen-bond donors (Lipinski definition) is 1. The predicted octanol–water partition coefficient (Wildman–Crippen LogP) is 2.53. The zero-order chi connectivity index (χ0) is 10.5. The zero-order valence-corrected chi connectivity index (χ0v) is 8.56. The molecule has 0 aliphatic heterocycles. The molecule has 0 saturated heterocycles. The van der Waals surface area contributed by atoms with Gasteiger partial charge in [0.1, 0.15) is 5.75 Å². The van der Waals surface area contributed by atoms with E-state index in [-0.39, 0.29) is 18.9 Å². The van der Waals surface area contributed by atoms with Gasteiger partial charge in [0.15, 0.2) is 0 Å². The van der Waals surface area contributed by atoms with Crippen molar-refractivity contribution in [2.75, 3.05) is 0 Å². The normalized spacial score (nSPS) is 9.50. The van der Waals surface area contributed by atoms with Gasteiger partial charge < -0.3 is 5.11 Å². The van der Waals surface area contributed by atoms with Crippen molar-refractivity contribution in [2.24, 2.45) is 0 Å². The van der Waals surface area contributed by atoms with Crippen LogP contribution in [0.15, 0.2) is 54.6 Å². The Morgan fingerprint density at radius 3 is 1.75 bits per heavy atom. The second-order valence-corrected chi connectivity index (χ2v) is 3.65. The summed E-state index contributed by atoms with van der Waals surface area (Å²) >= 11 is 0. The Morgan fingerprint density at radius 2 is 1.19 bits per heavy atom. The quantitative estimate of drug-likeness (QED) is 0.765. The van der Waals surface area contributed by atoms with Crippen LogP contribution < -0.4 is 0 Å². The van der Waals surface area contributed by atoms with Crippen LogP contribution in [0.5, 0.6) is 5.75 Å². The summed E-state index contributed by atoms with van der Waals surface area (Å²) in [5, 5.41) is 9.14. The Bertz CT molecular complexity index is 409. The molecule has 1 N–H and O–H groups in total. The molecular weight excluding hydrogens is 191 g/mol. The molecule has 0 heterocycles. The van der Waals surface area contributed by atoms with Gasteiger partial charge >= 0.3 is 18.9 Å². The minimum absolute atomic E-state index is 0. The third-order valence-electron chi connectivity index (χ3n) is 2.48. The van der Waals surface area contributed by atoms with E-state index in [1.165, 1.54) is 11.1 Å². The van der Waals surface area contributed by atoms with E-state index in [4.69, 9.17) is 5.11 Å². The first-order chi connectivity index (χ1) is 7.34. The van der Waals surface area contributed by atoms with Gasteiger partial charge in [0.05, 0.1) is 0 Å². The van der Waals surface area contributed by atoms with Gasteiger partial charge in [-0.3, -0.25) is 0 Å². The average molecular weight is 206 g/mol. The van der Waals surface area contributed by atoms with E-state index in [9.17, 15) is 0 Å². The molecule has 0 aromatic heterocycles. The van der Waals surface area contributed by atoms with Gasteiger partial charge in [-0.1, -0.05) is 42.5 Å². The monoisotopic (exact) mass is 206 g/mol. The topological polar surface area (TPSA) is 20.2 Å². The Labute approximate surface area is 108 Å². The summed E-state index contributed by atoms with van der Waals surface area (Å²) in [6, 6.07) is 17.8. The van der Waals surface area contributed by atoms with E-state index in [1.54, 1.807) is 12.1 Å². The maximum atomic E-state index is 9.14. The summed E-state index contributed by atoms with van der Waals surface area (Å²) in [6.07, 6.45) is 2.07. The second kappa shape index (κ2) is 6.43. The van der Waals surface area contributed by atoms with Gasteiger partial charge in [-0.15, -0.1) is 0 Å². The molecule has 16 heavy (non-hydrogen) atoms. The third-order valence-corrected chi connectivity index (χ3v) is 2.48. The van der Waals surface area contributed by atoms with Crippen LogP contribution >= 0.6 is 0 Å². The SMILES string of the molecule is Oc1ccc(CCc2ccccc2)cc1.[LiH]. The molecule has 78 valence electrons. The van der Waals surface area contributed by atoms with Crippen LogP contribution in [0.4, 0.5) is 0 Å². The molecule has 2 heteroatoms. The number of rotatable bonds is 3. The van der Waals surface area contributed by atoms with Crippen molar-refractivity contribution in [1.82, 2.24) is 0 Å². The summed E-state index contributed by atoms with van der Waals surface area (Å²) < 4.78 is 0. The molecule has 0 aliphatic rings. The number of hydrogen-bond acceptors (Lipinski definition) is 1. The second-order valence-electron chi connectivity index (χ2n) is 3.65. The summed E-state index contributed by atoms with van der Waals surface area (Å²) in [7, 11) is 0. The molecule has 0 aliphatic carbocycles. The summed E-state index contributed by atoms with van der Waals surface area (Å²) in [4.78, 5) is 0. The van der Waals surface area contributed by atoms with Crippen LogP contribution in [0.2, 0.25) is 0 Å². The van der Waals surface area contributed by atoms with E-state index in [1.807, 2.05) is 18.2 Å². The van der Waals surface area contributed by atoms with Crippen LogP contribution in [0.25, 0.3) is 0 Å². The molecule has 0 amide bonds. The number of benzene rings is 2. The molecule has 0 bridgehead atoms. The Kier molecular flexibility index (Phi) is 5.18.